The Morgan fingerprint density at radius 3 is 2.38 bits per heavy atom. The third kappa shape index (κ3) is 4.65. The number of amides is 2. The number of thioether (sulfide) groups is 1. The van der Waals surface area contributed by atoms with E-state index in [1.165, 1.54) is 0 Å². The summed E-state index contributed by atoms with van der Waals surface area (Å²) in [7, 11) is 0. The first-order valence-electron chi connectivity index (χ1n) is 14.3. The second-order valence-electron chi connectivity index (χ2n) is 10.7. The van der Waals surface area contributed by atoms with Crippen molar-refractivity contribution in [1.82, 2.24) is 4.90 Å². The Morgan fingerprint density at radius 1 is 1.21 bits per heavy atom. The Labute approximate surface area is 236 Å². The fraction of sp³-hybridized carbons (Fsp3) is 0.633. The number of carbonyl (C=O) groups excluding carboxylic acids is 3. The monoisotopic (exact) mass is 557 g/mol. The SMILES string of the molecule is C=CCN(C(=O)C1N([C@@H](CC)CO)C(=O)[C@@H]2[C@H](C(=O)OCC)[C@@H]3CC(C)C12S3)c1ccc(N(CC)CC)cc1. The van der Waals surface area contributed by atoms with E-state index in [9.17, 15) is 19.5 Å². The number of benzene rings is 1. The number of hydrogen-bond donors (Lipinski definition) is 1. The number of fused-ring (bicyclic) bond motifs is 1. The molecule has 1 aromatic rings. The number of likely N-dealkylation sites (tertiary alicyclic amines) is 1. The zero-order valence-corrected chi connectivity index (χ0v) is 24.7. The predicted octanol–water partition coefficient (Wildman–Crippen LogP) is 3.72. The van der Waals surface area contributed by atoms with Crippen molar-refractivity contribution < 1.29 is 24.2 Å². The van der Waals surface area contributed by atoms with Gasteiger partial charge in [0.25, 0.3) is 5.91 Å². The van der Waals surface area contributed by atoms with Crippen molar-refractivity contribution in [1.29, 1.82) is 0 Å². The largest absolute Gasteiger partial charge is 0.466 e. The molecule has 0 saturated carbocycles. The molecule has 39 heavy (non-hydrogen) atoms. The lowest BCUT2D eigenvalue weighted by Gasteiger charge is -2.42. The molecule has 3 aliphatic rings. The van der Waals surface area contributed by atoms with E-state index >= 15 is 0 Å². The fourth-order valence-corrected chi connectivity index (χ4v) is 9.47. The first-order chi connectivity index (χ1) is 18.7. The highest BCUT2D eigenvalue weighted by Gasteiger charge is 2.77. The van der Waals surface area contributed by atoms with Gasteiger partial charge in [0.1, 0.15) is 6.04 Å². The minimum atomic E-state index is -0.807. The van der Waals surface area contributed by atoms with Gasteiger partial charge >= 0.3 is 5.97 Å². The van der Waals surface area contributed by atoms with Crippen molar-refractivity contribution in [3.8, 4) is 0 Å². The van der Waals surface area contributed by atoms with Crippen LogP contribution in [-0.4, -0.2) is 82.7 Å². The van der Waals surface area contributed by atoms with E-state index in [0.717, 1.165) is 30.9 Å². The highest BCUT2D eigenvalue weighted by Crippen LogP contribution is 2.69. The molecule has 0 aliphatic carbocycles. The van der Waals surface area contributed by atoms with Crippen LogP contribution in [0.25, 0.3) is 0 Å². The van der Waals surface area contributed by atoms with Gasteiger partial charge in [-0.05, 0) is 63.8 Å². The molecule has 3 saturated heterocycles. The molecule has 214 valence electrons. The fourth-order valence-electron chi connectivity index (χ4n) is 7.08. The summed E-state index contributed by atoms with van der Waals surface area (Å²) in [5, 5.41) is 10.2. The second kappa shape index (κ2) is 11.9. The number of anilines is 2. The normalized spacial score (nSPS) is 29.7. The van der Waals surface area contributed by atoms with Crippen LogP contribution in [0.5, 0.6) is 0 Å². The number of ether oxygens (including phenoxy) is 1. The van der Waals surface area contributed by atoms with Gasteiger partial charge in [0.2, 0.25) is 5.91 Å². The predicted molar refractivity (Wildman–Crippen MR) is 156 cm³/mol. The van der Waals surface area contributed by atoms with Crippen LogP contribution in [0.3, 0.4) is 0 Å². The standard InChI is InChI=1S/C30H43N3O5S/c1-7-16-32(22-14-12-21(13-15-22)31(9-3)10-4)28(36)26-30-19(6)17-23(39-30)24(29(37)38-11-5)25(30)27(35)33(26)20(8-2)18-34/h7,12-15,19-20,23-26,34H,1,8-11,16-18H2,2-6H3/t19?,20-,23-,24+,25-,26?,30?/m0/s1. The van der Waals surface area contributed by atoms with Crippen molar-refractivity contribution in [3.63, 3.8) is 0 Å². The molecule has 3 unspecified atom stereocenters. The molecule has 0 aromatic heterocycles. The molecule has 8 nitrogen and oxygen atoms in total. The van der Waals surface area contributed by atoms with Gasteiger partial charge in [-0.1, -0.05) is 19.9 Å². The minimum Gasteiger partial charge on any atom is -0.466 e. The maximum Gasteiger partial charge on any atom is 0.310 e. The van der Waals surface area contributed by atoms with Crippen LogP contribution in [-0.2, 0) is 19.1 Å². The van der Waals surface area contributed by atoms with Gasteiger partial charge in [-0.3, -0.25) is 14.4 Å². The van der Waals surface area contributed by atoms with E-state index in [0.29, 0.717) is 6.42 Å². The lowest BCUT2D eigenvalue weighted by atomic mass is 9.66. The molecule has 3 fully saturated rings. The molecule has 2 amide bonds. The number of aliphatic hydroxyl groups excluding tert-OH is 1. The first-order valence-corrected chi connectivity index (χ1v) is 15.2. The van der Waals surface area contributed by atoms with Gasteiger partial charge in [-0.15, -0.1) is 18.3 Å². The summed E-state index contributed by atoms with van der Waals surface area (Å²) in [5.41, 5.74) is 1.81. The third-order valence-corrected chi connectivity index (χ3v) is 11.0. The van der Waals surface area contributed by atoms with Crippen LogP contribution < -0.4 is 9.80 Å². The van der Waals surface area contributed by atoms with E-state index < -0.39 is 28.7 Å². The molecule has 1 aromatic carbocycles. The van der Waals surface area contributed by atoms with Crippen LogP contribution in [0.15, 0.2) is 36.9 Å². The van der Waals surface area contributed by atoms with Gasteiger partial charge in [-0.2, -0.15) is 0 Å². The molecule has 1 N–H and O–H groups in total. The average Bonchev–Trinajstić information content (AvgIpc) is 3.53. The van der Waals surface area contributed by atoms with E-state index in [2.05, 4.69) is 32.3 Å². The molecule has 4 rings (SSSR count). The number of esters is 1. The lowest BCUT2D eigenvalue weighted by Crippen LogP contribution is -2.59. The van der Waals surface area contributed by atoms with E-state index in [4.69, 9.17) is 4.74 Å². The zero-order chi connectivity index (χ0) is 28.5. The topological polar surface area (TPSA) is 90.4 Å². The lowest BCUT2D eigenvalue weighted by molar-refractivity contribution is -0.154. The Morgan fingerprint density at radius 2 is 1.85 bits per heavy atom. The molecule has 7 atom stereocenters. The van der Waals surface area contributed by atoms with Crippen LogP contribution in [0, 0.1) is 17.8 Å². The molecular weight excluding hydrogens is 514 g/mol. The molecule has 2 bridgehead atoms. The van der Waals surface area contributed by atoms with Crippen molar-refractivity contribution in [2.24, 2.45) is 17.8 Å². The van der Waals surface area contributed by atoms with E-state index in [1.54, 1.807) is 34.6 Å². The number of carbonyl (C=O) groups is 3. The molecule has 3 heterocycles. The number of nitrogens with zero attached hydrogens (tertiary/aromatic N) is 3. The zero-order valence-electron chi connectivity index (χ0n) is 23.8. The first kappa shape index (κ1) is 29.5. The second-order valence-corrected chi connectivity index (χ2v) is 12.3. The average molecular weight is 558 g/mol. The highest BCUT2D eigenvalue weighted by molar-refractivity contribution is 8.02. The number of rotatable bonds is 12. The summed E-state index contributed by atoms with van der Waals surface area (Å²) in [6.07, 6.45) is 2.94. The molecule has 0 radical (unpaired) electrons. The summed E-state index contributed by atoms with van der Waals surface area (Å²) in [4.78, 5) is 47.6. The summed E-state index contributed by atoms with van der Waals surface area (Å²) in [5.74, 6) is -1.97. The summed E-state index contributed by atoms with van der Waals surface area (Å²) in [6, 6.07) is 6.60. The van der Waals surface area contributed by atoms with Gasteiger partial charge in [0, 0.05) is 36.3 Å². The van der Waals surface area contributed by atoms with Gasteiger partial charge in [0.05, 0.1) is 35.8 Å². The molecule has 9 heteroatoms. The van der Waals surface area contributed by atoms with Gasteiger partial charge < -0.3 is 24.5 Å². The van der Waals surface area contributed by atoms with Crippen molar-refractivity contribution in [2.75, 3.05) is 42.6 Å². The van der Waals surface area contributed by atoms with Crippen molar-refractivity contribution in [3.05, 3.63) is 36.9 Å². The summed E-state index contributed by atoms with van der Waals surface area (Å²) < 4.78 is 4.67. The highest BCUT2D eigenvalue weighted by atomic mass is 32.2. The Bertz CT molecular complexity index is 1070. The van der Waals surface area contributed by atoms with E-state index in [1.807, 2.05) is 31.2 Å². The Hall–Kier alpha value is -2.52. The van der Waals surface area contributed by atoms with Crippen LogP contribution in [0.4, 0.5) is 11.4 Å². The van der Waals surface area contributed by atoms with Crippen LogP contribution in [0.1, 0.15) is 47.5 Å². The van der Waals surface area contributed by atoms with Crippen LogP contribution >= 0.6 is 11.8 Å². The number of aliphatic hydroxyl groups is 1. The molecule has 1 spiro atoms. The van der Waals surface area contributed by atoms with Gasteiger partial charge in [-0.25, -0.2) is 0 Å². The van der Waals surface area contributed by atoms with Crippen molar-refractivity contribution in [2.45, 2.75) is 69.5 Å². The van der Waals surface area contributed by atoms with Gasteiger partial charge in [0.15, 0.2) is 0 Å². The third-order valence-electron chi connectivity index (χ3n) is 8.92. The van der Waals surface area contributed by atoms with Crippen LogP contribution in [0.2, 0.25) is 0 Å². The summed E-state index contributed by atoms with van der Waals surface area (Å²) >= 11 is 1.62. The number of hydrogen-bond acceptors (Lipinski definition) is 7. The molecule has 3 aliphatic heterocycles. The quantitative estimate of drug-likeness (QED) is 0.309. The maximum atomic E-state index is 14.7. The maximum absolute atomic E-state index is 14.7. The minimum absolute atomic E-state index is 0.0397. The van der Waals surface area contributed by atoms with E-state index in [-0.39, 0.29) is 48.7 Å². The Balaban J connectivity index is 1.80. The smallest absolute Gasteiger partial charge is 0.310 e. The molecular formula is C30H43N3O5S. The Kier molecular flexibility index (Phi) is 9.01. The van der Waals surface area contributed by atoms with Crippen molar-refractivity contribution >= 4 is 40.9 Å². The summed E-state index contributed by atoms with van der Waals surface area (Å²) in [6.45, 7) is 15.9.